The molecule has 8 nitrogen and oxygen atoms in total. The van der Waals surface area contributed by atoms with E-state index in [2.05, 4.69) is 22.0 Å². The fourth-order valence-electron chi connectivity index (χ4n) is 6.41. The average Bonchev–Trinajstić information content (AvgIpc) is 3.49. The van der Waals surface area contributed by atoms with Crippen LogP contribution >= 0.6 is 0 Å². The Morgan fingerprint density at radius 3 is 2.26 bits per heavy atom. The second-order valence-corrected chi connectivity index (χ2v) is 14.1. The van der Waals surface area contributed by atoms with Crippen LogP contribution in [0.1, 0.15) is 74.1 Å². The smallest absolute Gasteiger partial charge is 0.350 e. The van der Waals surface area contributed by atoms with Crippen molar-refractivity contribution >= 4 is 17.7 Å². The van der Waals surface area contributed by atoms with Gasteiger partial charge in [-0.25, -0.2) is 0 Å². The van der Waals surface area contributed by atoms with Crippen LogP contribution in [0.3, 0.4) is 0 Å². The van der Waals surface area contributed by atoms with Crippen LogP contribution in [-0.2, 0) is 14.4 Å². The monoisotopic (exact) mass is 539 g/mol. The first-order valence-corrected chi connectivity index (χ1v) is 13.4. The number of halogens is 3. The van der Waals surface area contributed by atoms with E-state index >= 15 is 0 Å². The molecule has 2 heterocycles. The van der Waals surface area contributed by atoms with Crippen LogP contribution in [0.25, 0.3) is 0 Å². The summed E-state index contributed by atoms with van der Waals surface area (Å²) in [5.74, 6) is -1.65. The first-order chi connectivity index (χ1) is 17.2. The van der Waals surface area contributed by atoms with Crippen molar-refractivity contribution in [2.24, 2.45) is 28.6 Å². The number of alkyl halides is 3. The lowest BCUT2D eigenvalue weighted by Crippen LogP contribution is -2.65. The number of fused-ring (bicyclic) bond motifs is 1. The number of nitrogens with one attached hydrogen (secondary N) is 3. The zero-order chi connectivity index (χ0) is 28.6. The van der Waals surface area contributed by atoms with Gasteiger partial charge < -0.3 is 15.5 Å². The number of carbonyl (C=O) groups is 3. The van der Waals surface area contributed by atoms with Gasteiger partial charge in [-0.1, -0.05) is 34.6 Å². The van der Waals surface area contributed by atoms with E-state index in [-0.39, 0.29) is 47.6 Å². The zero-order valence-electron chi connectivity index (χ0n) is 23.3. The molecular formula is C27H40F3N5O3. The summed E-state index contributed by atoms with van der Waals surface area (Å²) >= 11 is 0. The van der Waals surface area contributed by atoms with E-state index in [0.29, 0.717) is 6.42 Å². The maximum atomic E-state index is 13.8. The Labute approximate surface area is 222 Å². The molecule has 4 fully saturated rings. The summed E-state index contributed by atoms with van der Waals surface area (Å²) in [5.41, 5.74) is -3.55. The molecule has 4 aliphatic rings. The van der Waals surface area contributed by atoms with Crippen LogP contribution in [0.15, 0.2) is 0 Å². The fourth-order valence-corrected chi connectivity index (χ4v) is 6.41. The average molecular weight is 540 g/mol. The third kappa shape index (κ3) is 5.01. The molecule has 0 aromatic rings. The molecule has 3 amide bonds. The molecule has 2 saturated heterocycles. The molecule has 212 valence electrons. The van der Waals surface area contributed by atoms with E-state index in [1.807, 2.05) is 13.8 Å². The molecule has 38 heavy (non-hydrogen) atoms. The van der Waals surface area contributed by atoms with Gasteiger partial charge in [-0.15, -0.1) is 0 Å². The normalized spacial score (nSPS) is 30.8. The maximum absolute atomic E-state index is 13.8. The number of hydrogen-bond acceptors (Lipinski definition) is 5. The van der Waals surface area contributed by atoms with Crippen LogP contribution in [0.4, 0.5) is 13.2 Å². The van der Waals surface area contributed by atoms with E-state index in [1.54, 1.807) is 20.8 Å². The standard InChI is InChI=1S/C27H40F3N5O3/c1-23(2,3)19(33-25(6,7)27(28,29)30)22(38)35-13-16-17(24(16,4)5)18(35)21(37)32-15(12-31)10-14-11-26(8-9-26)34-20(14)36/h14-19,33H,8-11,13H2,1-7H3,(H,32,37)(H,34,36). The third-order valence-electron chi connectivity index (χ3n) is 9.33. The molecule has 2 saturated carbocycles. The summed E-state index contributed by atoms with van der Waals surface area (Å²) in [6, 6.07) is -0.917. The summed E-state index contributed by atoms with van der Waals surface area (Å²) in [5, 5.41) is 18.1. The van der Waals surface area contributed by atoms with E-state index in [0.717, 1.165) is 26.7 Å². The predicted molar refractivity (Wildman–Crippen MR) is 133 cm³/mol. The highest BCUT2D eigenvalue weighted by molar-refractivity contribution is 5.92. The molecule has 3 N–H and O–H groups in total. The number of nitriles is 1. The van der Waals surface area contributed by atoms with Crippen molar-refractivity contribution in [3.05, 3.63) is 0 Å². The fraction of sp³-hybridized carbons (Fsp3) is 0.852. The Hall–Kier alpha value is -2.35. The third-order valence-corrected chi connectivity index (χ3v) is 9.33. The lowest BCUT2D eigenvalue weighted by Gasteiger charge is -2.42. The lowest BCUT2D eigenvalue weighted by atomic mass is 9.83. The molecule has 0 radical (unpaired) electrons. The Bertz CT molecular complexity index is 1050. The molecule has 0 bridgehead atoms. The molecule has 2 aliphatic heterocycles. The molecule has 2 aliphatic carbocycles. The van der Waals surface area contributed by atoms with Gasteiger partial charge in [-0.3, -0.25) is 19.7 Å². The number of likely N-dealkylation sites (tertiary alicyclic amines) is 1. The minimum Gasteiger partial charge on any atom is -0.350 e. The summed E-state index contributed by atoms with van der Waals surface area (Å²) in [7, 11) is 0. The highest BCUT2D eigenvalue weighted by Gasteiger charge is 2.70. The van der Waals surface area contributed by atoms with Crippen molar-refractivity contribution in [2.75, 3.05) is 6.54 Å². The van der Waals surface area contributed by atoms with E-state index in [4.69, 9.17) is 0 Å². The van der Waals surface area contributed by atoms with Crippen LogP contribution in [0.5, 0.6) is 0 Å². The van der Waals surface area contributed by atoms with Crippen molar-refractivity contribution < 1.29 is 27.6 Å². The quantitative estimate of drug-likeness (QED) is 0.460. The maximum Gasteiger partial charge on any atom is 0.406 e. The molecule has 6 unspecified atom stereocenters. The van der Waals surface area contributed by atoms with Crippen LogP contribution in [0, 0.1) is 39.9 Å². The number of hydrogen-bond donors (Lipinski definition) is 3. The number of nitrogens with zero attached hydrogens (tertiary/aromatic N) is 2. The van der Waals surface area contributed by atoms with Crippen molar-refractivity contribution in [3.8, 4) is 6.07 Å². The van der Waals surface area contributed by atoms with Gasteiger partial charge in [0.05, 0.1) is 12.1 Å². The minimum atomic E-state index is -4.59. The Morgan fingerprint density at radius 1 is 1.18 bits per heavy atom. The summed E-state index contributed by atoms with van der Waals surface area (Å²) in [6.07, 6.45) is -1.93. The number of carbonyl (C=O) groups excluding carboxylic acids is 3. The number of piperidine rings is 1. The Balaban J connectivity index is 1.52. The van der Waals surface area contributed by atoms with Crippen molar-refractivity contribution in [2.45, 2.75) is 110 Å². The van der Waals surface area contributed by atoms with Crippen molar-refractivity contribution in [1.29, 1.82) is 5.26 Å². The van der Waals surface area contributed by atoms with Gasteiger partial charge in [0.25, 0.3) is 0 Å². The highest BCUT2D eigenvalue weighted by atomic mass is 19.4. The van der Waals surface area contributed by atoms with E-state index in [9.17, 15) is 32.8 Å². The number of amides is 3. The Morgan fingerprint density at radius 2 is 1.79 bits per heavy atom. The van der Waals surface area contributed by atoms with Crippen LogP contribution in [0.2, 0.25) is 0 Å². The summed E-state index contributed by atoms with van der Waals surface area (Å²) in [6.45, 7) is 11.3. The topological polar surface area (TPSA) is 114 Å². The van der Waals surface area contributed by atoms with Gasteiger partial charge in [0, 0.05) is 18.0 Å². The van der Waals surface area contributed by atoms with E-state index < -0.39 is 47.1 Å². The SMILES string of the molecule is CC(C)(C)C(NC(C)(C)C(F)(F)F)C(=O)N1CC2C(C1C(=O)NC(C#N)CC1CC3(CC3)NC1=O)C2(C)C. The first-order valence-electron chi connectivity index (χ1n) is 13.4. The molecule has 4 rings (SSSR count). The second-order valence-electron chi connectivity index (χ2n) is 14.1. The first kappa shape index (κ1) is 28.7. The molecule has 6 atom stereocenters. The van der Waals surface area contributed by atoms with Crippen molar-refractivity contribution in [1.82, 2.24) is 20.9 Å². The van der Waals surface area contributed by atoms with Gasteiger partial charge in [0.2, 0.25) is 17.7 Å². The largest absolute Gasteiger partial charge is 0.406 e. The molecule has 11 heteroatoms. The Kier molecular flexibility index (Phi) is 6.66. The summed E-state index contributed by atoms with van der Waals surface area (Å²) < 4.78 is 41.1. The van der Waals surface area contributed by atoms with Crippen molar-refractivity contribution in [3.63, 3.8) is 0 Å². The minimum absolute atomic E-state index is 0.0364. The highest BCUT2D eigenvalue weighted by Crippen LogP contribution is 2.65. The lowest BCUT2D eigenvalue weighted by molar-refractivity contribution is -0.191. The van der Waals surface area contributed by atoms with Gasteiger partial charge in [-0.2, -0.15) is 18.4 Å². The summed E-state index contributed by atoms with van der Waals surface area (Å²) in [4.78, 5) is 41.2. The van der Waals surface area contributed by atoms with Crippen LogP contribution in [-0.4, -0.2) is 64.5 Å². The zero-order valence-corrected chi connectivity index (χ0v) is 23.3. The van der Waals surface area contributed by atoms with Gasteiger partial charge in [0.15, 0.2) is 0 Å². The molecular weight excluding hydrogens is 499 g/mol. The van der Waals surface area contributed by atoms with Crippen LogP contribution < -0.4 is 16.0 Å². The van der Waals surface area contributed by atoms with E-state index in [1.165, 1.54) is 4.90 Å². The predicted octanol–water partition coefficient (Wildman–Crippen LogP) is 2.88. The molecule has 1 spiro atoms. The second kappa shape index (κ2) is 8.83. The molecule has 0 aromatic heterocycles. The van der Waals surface area contributed by atoms with Gasteiger partial charge >= 0.3 is 6.18 Å². The number of rotatable bonds is 7. The van der Waals surface area contributed by atoms with Gasteiger partial charge in [0.1, 0.15) is 17.6 Å². The molecule has 0 aromatic carbocycles. The van der Waals surface area contributed by atoms with Gasteiger partial charge in [-0.05, 0) is 62.2 Å².